The first-order chi connectivity index (χ1) is 12.6. The van der Waals surface area contributed by atoms with Crippen molar-refractivity contribution in [2.24, 2.45) is 4.99 Å². The molecule has 0 radical (unpaired) electrons. The monoisotopic (exact) mass is 520 g/mol. The van der Waals surface area contributed by atoms with Gasteiger partial charge in [0.25, 0.3) is 0 Å². The van der Waals surface area contributed by atoms with Crippen molar-refractivity contribution in [3.05, 3.63) is 47.7 Å². The molecule has 2 rings (SSSR count). The topological polar surface area (TPSA) is 96.6 Å². The fourth-order valence-corrected chi connectivity index (χ4v) is 2.88. The van der Waals surface area contributed by atoms with Gasteiger partial charge in [0.2, 0.25) is 5.89 Å². The third-order valence-corrected chi connectivity index (χ3v) is 4.94. The van der Waals surface area contributed by atoms with E-state index < -0.39 is 9.84 Å². The van der Waals surface area contributed by atoms with Gasteiger partial charge in [0.05, 0.1) is 24.2 Å². The summed E-state index contributed by atoms with van der Waals surface area (Å²) < 4.78 is 28.8. The standard InChI is InChI=1S/C19H28N4O3S.HI/c1-6-20-18(23-13-17-21-12-16(26-17)19(2,3)4)22-11-14-7-9-15(10-8-14)27(5,24)25;/h7-10,12H,6,11,13H2,1-5H3,(H2,20,22,23);1H. The van der Waals surface area contributed by atoms with Gasteiger partial charge in [-0.3, -0.25) is 0 Å². The van der Waals surface area contributed by atoms with Gasteiger partial charge in [0.15, 0.2) is 15.8 Å². The van der Waals surface area contributed by atoms with Crippen LogP contribution in [-0.4, -0.2) is 32.2 Å². The second-order valence-corrected chi connectivity index (χ2v) is 9.35. The molecule has 1 aromatic carbocycles. The molecule has 7 nitrogen and oxygen atoms in total. The van der Waals surface area contributed by atoms with E-state index in [1.165, 1.54) is 6.26 Å². The van der Waals surface area contributed by atoms with E-state index in [-0.39, 0.29) is 29.4 Å². The van der Waals surface area contributed by atoms with Crippen molar-refractivity contribution in [3.63, 3.8) is 0 Å². The molecular formula is C19H29IN4O3S. The zero-order chi connectivity index (χ0) is 20.1. The Morgan fingerprint density at radius 3 is 2.32 bits per heavy atom. The summed E-state index contributed by atoms with van der Waals surface area (Å²) in [7, 11) is -3.19. The summed E-state index contributed by atoms with van der Waals surface area (Å²) in [5.74, 6) is 2.08. The van der Waals surface area contributed by atoms with Crippen LogP contribution in [-0.2, 0) is 28.3 Å². The number of nitrogens with one attached hydrogen (secondary N) is 2. The maximum absolute atomic E-state index is 11.5. The summed E-state index contributed by atoms with van der Waals surface area (Å²) in [5, 5.41) is 6.36. The van der Waals surface area contributed by atoms with Gasteiger partial charge in [0, 0.05) is 18.2 Å². The maximum Gasteiger partial charge on any atom is 0.213 e. The van der Waals surface area contributed by atoms with Crippen molar-refractivity contribution in [1.82, 2.24) is 15.6 Å². The van der Waals surface area contributed by atoms with Crippen molar-refractivity contribution in [3.8, 4) is 0 Å². The number of hydrogen-bond acceptors (Lipinski definition) is 5. The first-order valence-corrected chi connectivity index (χ1v) is 10.7. The van der Waals surface area contributed by atoms with Crippen molar-refractivity contribution < 1.29 is 12.8 Å². The SMILES string of the molecule is CCNC(=NCc1ccc(S(C)(=O)=O)cc1)NCc1ncc(C(C)(C)C)o1.I. The van der Waals surface area contributed by atoms with Gasteiger partial charge in [0.1, 0.15) is 5.76 Å². The van der Waals surface area contributed by atoms with Crippen LogP contribution in [0.1, 0.15) is 44.9 Å². The first kappa shape index (κ1) is 24.4. The van der Waals surface area contributed by atoms with Crippen molar-refractivity contribution in [1.29, 1.82) is 0 Å². The fraction of sp³-hybridized carbons (Fsp3) is 0.474. The predicted molar refractivity (Wildman–Crippen MR) is 122 cm³/mol. The number of oxazole rings is 1. The molecule has 9 heteroatoms. The average Bonchev–Trinajstić information content (AvgIpc) is 3.06. The molecule has 28 heavy (non-hydrogen) atoms. The van der Waals surface area contributed by atoms with Crippen LogP contribution in [0, 0.1) is 0 Å². The minimum atomic E-state index is -3.19. The molecule has 0 aliphatic carbocycles. The normalized spacial score (nSPS) is 12.4. The maximum atomic E-state index is 11.5. The van der Waals surface area contributed by atoms with E-state index in [2.05, 4.69) is 41.4 Å². The molecule has 0 aliphatic rings. The number of nitrogens with zero attached hydrogens (tertiary/aromatic N) is 2. The highest BCUT2D eigenvalue weighted by Gasteiger charge is 2.19. The second-order valence-electron chi connectivity index (χ2n) is 7.33. The Kier molecular flexibility index (Phi) is 8.93. The quantitative estimate of drug-likeness (QED) is 0.345. The average molecular weight is 520 g/mol. The van der Waals surface area contributed by atoms with Crippen molar-refractivity contribution in [2.45, 2.75) is 51.1 Å². The highest BCUT2D eigenvalue weighted by atomic mass is 127. The van der Waals surface area contributed by atoms with Gasteiger partial charge in [-0.1, -0.05) is 32.9 Å². The minimum absolute atomic E-state index is 0. The highest BCUT2D eigenvalue weighted by Crippen LogP contribution is 2.22. The molecule has 0 aliphatic heterocycles. The lowest BCUT2D eigenvalue weighted by molar-refractivity contribution is 0.379. The molecule has 0 bridgehead atoms. The number of hydrogen-bond donors (Lipinski definition) is 2. The number of rotatable bonds is 6. The molecule has 0 fully saturated rings. The molecule has 0 spiro atoms. The zero-order valence-electron chi connectivity index (χ0n) is 16.9. The Morgan fingerprint density at radius 2 is 1.82 bits per heavy atom. The summed E-state index contributed by atoms with van der Waals surface area (Å²) in [6.07, 6.45) is 2.95. The molecule has 0 saturated heterocycles. The van der Waals surface area contributed by atoms with Gasteiger partial charge in [-0.25, -0.2) is 18.4 Å². The van der Waals surface area contributed by atoms with E-state index in [1.807, 2.05) is 6.92 Å². The molecule has 2 aromatic rings. The fourth-order valence-electron chi connectivity index (χ4n) is 2.25. The molecule has 0 atom stereocenters. The molecule has 0 saturated carbocycles. The van der Waals surface area contributed by atoms with E-state index in [0.717, 1.165) is 17.9 Å². The second kappa shape index (κ2) is 10.2. The number of benzene rings is 1. The Hall–Kier alpha value is -1.62. The smallest absolute Gasteiger partial charge is 0.213 e. The van der Waals surface area contributed by atoms with Crippen LogP contribution in [0.3, 0.4) is 0 Å². The Balaban J connectivity index is 0.00000392. The third-order valence-electron chi connectivity index (χ3n) is 3.82. The van der Waals surface area contributed by atoms with Crippen molar-refractivity contribution in [2.75, 3.05) is 12.8 Å². The van der Waals surface area contributed by atoms with E-state index in [0.29, 0.717) is 29.8 Å². The highest BCUT2D eigenvalue weighted by molar-refractivity contribution is 14.0. The number of guanidine groups is 1. The lowest BCUT2D eigenvalue weighted by atomic mass is 9.94. The van der Waals surface area contributed by atoms with Crippen LogP contribution in [0.5, 0.6) is 0 Å². The first-order valence-electron chi connectivity index (χ1n) is 8.86. The molecule has 2 N–H and O–H groups in total. The van der Waals surface area contributed by atoms with Gasteiger partial charge in [-0.15, -0.1) is 24.0 Å². The van der Waals surface area contributed by atoms with E-state index in [1.54, 1.807) is 30.5 Å². The lowest BCUT2D eigenvalue weighted by Crippen LogP contribution is -2.36. The molecular weight excluding hydrogens is 491 g/mol. The Bertz CT molecular complexity index is 885. The van der Waals surface area contributed by atoms with Crippen LogP contribution >= 0.6 is 24.0 Å². The molecule has 156 valence electrons. The molecule has 1 heterocycles. The van der Waals surface area contributed by atoms with E-state index in [4.69, 9.17) is 4.42 Å². The summed E-state index contributed by atoms with van der Waals surface area (Å²) in [6, 6.07) is 6.74. The zero-order valence-corrected chi connectivity index (χ0v) is 20.1. The van der Waals surface area contributed by atoms with Gasteiger partial charge in [-0.05, 0) is 24.6 Å². The molecule has 1 aromatic heterocycles. The minimum Gasteiger partial charge on any atom is -0.443 e. The number of aromatic nitrogens is 1. The number of aliphatic imine (C=N–C) groups is 1. The van der Waals surface area contributed by atoms with Crippen LogP contribution in [0.2, 0.25) is 0 Å². The summed E-state index contributed by atoms with van der Waals surface area (Å²) in [5.41, 5.74) is 0.841. The van der Waals surface area contributed by atoms with Crippen LogP contribution in [0.25, 0.3) is 0 Å². The molecule has 0 unspecified atom stereocenters. The lowest BCUT2D eigenvalue weighted by Gasteiger charge is -2.13. The Labute approximate surface area is 184 Å². The van der Waals surface area contributed by atoms with Gasteiger partial charge < -0.3 is 15.1 Å². The van der Waals surface area contributed by atoms with Crippen LogP contribution < -0.4 is 10.6 Å². The Morgan fingerprint density at radius 1 is 1.18 bits per heavy atom. The van der Waals surface area contributed by atoms with Gasteiger partial charge in [-0.2, -0.15) is 0 Å². The number of halogens is 1. The van der Waals surface area contributed by atoms with Crippen LogP contribution in [0.4, 0.5) is 0 Å². The predicted octanol–water partition coefficient (Wildman–Crippen LogP) is 3.25. The molecule has 0 amide bonds. The van der Waals surface area contributed by atoms with Gasteiger partial charge >= 0.3 is 0 Å². The summed E-state index contributed by atoms with van der Waals surface area (Å²) in [6.45, 7) is 9.79. The number of sulfone groups is 1. The third kappa shape index (κ3) is 7.42. The summed E-state index contributed by atoms with van der Waals surface area (Å²) in [4.78, 5) is 9.12. The largest absolute Gasteiger partial charge is 0.443 e. The van der Waals surface area contributed by atoms with E-state index >= 15 is 0 Å². The van der Waals surface area contributed by atoms with Crippen molar-refractivity contribution >= 4 is 39.8 Å². The van der Waals surface area contributed by atoms with E-state index in [9.17, 15) is 8.42 Å². The van der Waals surface area contributed by atoms with Crippen LogP contribution in [0.15, 0.2) is 44.8 Å². The summed E-state index contributed by atoms with van der Waals surface area (Å²) >= 11 is 0.